The van der Waals surface area contributed by atoms with Crippen LogP contribution in [0.3, 0.4) is 0 Å². The molecule has 0 saturated heterocycles. The highest BCUT2D eigenvalue weighted by Crippen LogP contribution is 2.61. The van der Waals surface area contributed by atoms with Crippen molar-refractivity contribution in [3.8, 4) is 17.2 Å². The average Bonchev–Trinajstić information content (AvgIpc) is 3.70. The molecule has 0 heterocycles. The summed E-state index contributed by atoms with van der Waals surface area (Å²) in [5.74, 6) is 0. The van der Waals surface area contributed by atoms with Gasteiger partial charge in [0.1, 0.15) is 0 Å². The molecule has 0 aliphatic heterocycles. The first kappa shape index (κ1) is 39.4. The van der Waals surface area contributed by atoms with E-state index in [4.69, 9.17) is 6.57 Å². The lowest BCUT2D eigenvalue weighted by Gasteiger charge is -2.35. The van der Waals surface area contributed by atoms with Crippen LogP contribution < -0.4 is 9.80 Å². The molecule has 0 aromatic heterocycles. The third-order valence-electron chi connectivity index (χ3n) is 13.4. The molecule has 4 heteroatoms. The van der Waals surface area contributed by atoms with Gasteiger partial charge in [-0.05, 0) is 157 Å². The van der Waals surface area contributed by atoms with Crippen LogP contribution in [-0.4, -0.2) is 0 Å². The number of anilines is 6. The van der Waals surface area contributed by atoms with E-state index in [2.05, 4.69) is 215 Å². The van der Waals surface area contributed by atoms with E-state index in [1.807, 2.05) is 48.5 Å². The van der Waals surface area contributed by atoms with Gasteiger partial charge in [0.15, 0.2) is 5.69 Å². The fraction of sp³-hybridized carbons (Fsp3) is 0.0159. The van der Waals surface area contributed by atoms with Crippen molar-refractivity contribution < 1.29 is 0 Å². The third-order valence-corrected chi connectivity index (χ3v) is 13.4. The summed E-state index contributed by atoms with van der Waals surface area (Å²) in [7, 11) is 0. The molecule has 67 heavy (non-hydrogen) atoms. The second kappa shape index (κ2) is 16.1. The largest absolute Gasteiger partial charge is 0.312 e. The molecule has 0 spiro atoms. The van der Waals surface area contributed by atoms with Gasteiger partial charge in [-0.1, -0.05) is 152 Å². The minimum Gasteiger partial charge on any atom is -0.312 e. The van der Waals surface area contributed by atoms with Crippen molar-refractivity contribution in [1.29, 1.82) is 5.26 Å². The van der Waals surface area contributed by atoms with Crippen LogP contribution in [0.5, 0.6) is 0 Å². The second-order valence-corrected chi connectivity index (χ2v) is 17.1. The number of para-hydroxylation sites is 2. The van der Waals surface area contributed by atoms with Gasteiger partial charge >= 0.3 is 0 Å². The van der Waals surface area contributed by atoms with Crippen LogP contribution >= 0.6 is 0 Å². The molecule has 12 rings (SSSR count). The lowest BCUT2D eigenvalue weighted by molar-refractivity contribution is 0.777. The zero-order valence-corrected chi connectivity index (χ0v) is 36.4. The number of hydrogen-bond donors (Lipinski definition) is 0. The van der Waals surface area contributed by atoms with Gasteiger partial charge in [0.25, 0.3) is 0 Å². The quantitative estimate of drug-likeness (QED) is 0.113. The van der Waals surface area contributed by atoms with Crippen LogP contribution in [0.1, 0.15) is 27.8 Å². The van der Waals surface area contributed by atoms with Crippen LogP contribution in [0.15, 0.2) is 243 Å². The van der Waals surface area contributed by atoms with E-state index < -0.39 is 5.41 Å². The monoisotopic (exact) mass is 852 g/mol. The first-order valence-corrected chi connectivity index (χ1v) is 22.5. The van der Waals surface area contributed by atoms with Crippen molar-refractivity contribution in [2.24, 2.45) is 0 Å². The van der Waals surface area contributed by atoms with Gasteiger partial charge in [0.2, 0.25) is 0 Å². The summed E-state index contributed by atoms with van der Waals surface area (Å²) in [4.78, 5) is 8.28. The summed E-state index contributed by atoms with van der Waals surface area (Å²) in [6.45, 7) is 7.81. The zero-order chi connectivity index (χ0) is 44.9. The molecule has 0 unspecified atom stereocenters. The Morgan fingerprint density at radius 3 is 1.58 bits per heavy atom. The fourth-order valence-corrected chi connectivity index (χ4v) is 10.7. The summed E-state index contributed by atoms with van der Waals surface area (Å²) in [6.07, 6.45) is 0. The van der Waals surface area contributed by atoms with E-state index in [0.29, 0.717) is 11.3 Å². The van der Waals surface area contributed by atoms with Crippen LogP contribution in [0.4, 0.5) is 39.8 Å². The van der Waals surface area contributed by atoms with Crippen molar-refractivity contribution >= 4 is 72.1 Å². The first-order valence-electron chi connectivity index (χ1n) is 22.5. The Hall–Kier alpha value is -9.22. The summed E-state index contributed by atoms with van der Waals surface area (Å²) < 4.78 is 0. The number of benzene rings is 11. The molecule has 312 valence electrons. The van der Waals surface area contributed by atoms with E-state index in [9.17, 15) is 5.26 Å². The Bertz CT molecular complexity index is 3740. The second-order valence-electron chi connectivity index (χ2n) is 17.1. The predicted octanol–water partition coefficient (Wildman–Crippen LogP) is 16.9. The summed E-state index contributed by atoms with van der Waals surface area (Å²) >= 11 is 0. The molecular formula is C63H40N4. The maximum Gasteiger partial charge on any atom is 0.189 e. The SMILES string of the molecule is [C-]#[N+]c1cccc(N(c2ccccc2)c2ccc3cc4c(cc3c2)C(c2ccccc2)(c2ccccc2)c2c-4c3ccccc3c3cc(N(c4ccccc4)c4cccc(C#N)c4)ccc23)c1. The van der Waals surface area contributed by atoms with Crippen molar-refractivity contribution in [1.82, 2.24) is 0 Å². The van der Waals surface area contributed by atoms with Crippen LogP contribution in [0.2, 0.25) is 0 Å². The topological polar surface area (TPSA) is 34.6 Å². The number of hydrogen-bond acceptors (Lipinski definition) is 3. The van der Waals surface area contributed by atoms with E-state index in [-0.39, 0.29) is 0 Å². The third kappa shape index (κ3) is 6.35. The molecule has 0 radical (unpaired) electrons. The normalized spacial score (nSPS) is 12.3. The van der Waals surface area contributed by atoms with Gasteiger partial charge < -0.3 is 9.80 Å². The molecule has 0 amide bonds. The lowest BCUT2D eigenvalue weighted by Crippen LogP contribution is -2.29. The molecule has 0 atom stereocenters. The Morgan fingerprint density at radius 2 is 0.940 bits per heavy atom. The van der Waals surface area contributed by atoms with Crippen molar-refractivity contribution in [2.45, 2.75) is 5.41 Å². The maximum absolute atomic E-state index is 9.98. The van der Waals surface area contributed by atoms with Crippen LogP contribution in [0.25, 0.3) is 48.3 Å². The highest BCUT2D eigenvalue weighted by molar-refractivity contribution is 6.20. The molecule has 0 bridgehead atoms. The summed E-state index contributed by atoms with van der Waals surface area (Å²) in [5.41, 5.74) is 13.7. The minimum absolute atomic E-state index is 0.595. The molecule has 11 aromatic rings. The van der Waals surface area contributed by atoms with Gasteiger partial charge in [0, 0.05) is 34.1 Å². The van der Waals surface area contributed by atoms with E-state index >= 15 is 0 Å². The van der Waals surface area contributed by atoms with Gasteiger partial charge in [-0.25, -0.2) is 4.85 Å². The predicted molar refractivity (Wildman–Crippen MR) is 277 cm³/mol. The van der Waals surface area contributed by atoms with Gasteiger partial charge in [-0.15, -0.1) is 0 Å². The molecular weight excluding hydrogens is 813 g/mol. The van der Waals surface area contributed by atoms with E-state index in [1.54, 1.807) is 0 Å². The lowest BCUT2D eigenvalue weighted by atomic mass is 9.66. The van der Waals surface area contributed by atoms with E-state index in [0.717, 1.165) is 50.3 Å². The summed E-state index contributed by atoms with van der Waals surface area (Å²) in [5, 5.41) is 16.9. The molecule has 0 fully saturated rings. The number of rotatable bonds is 8. The Kier molecular flexibility index (Phi) is 9.46. The van der Waals surface area contributed by atoms with E-state index in [1.165, 1.54) is 49.5 Å². The Labute approximate surface area is 389 Å². The highest BCUT2D eigenvalue weighted by Gasteiger charge is 2.48. The zero-order valence-electron chi connectivity index (χ0n) is 36.4. The molecule has 0 saturated carbocycles. The average molecular weight is 853 g/mol. The molecule has 1 aliphatic rings. The van der Waals surface area contributed by atoms with Crippen molar-refractivity contribution in [2.75, 3.05) is 9.80 Å². The van der Waals surface area contributed by atoms with Gasteiger partial charge in [-0.2, -0.15) is 5.26 Å². The maximum atomic E-state index is 9.98. The van der Waals surface area contributed by atoms with Gasteiger partial charge in [0.05, 0.1) is 23.6 Å². The molecule has 11 aromatic carbocycles. The number of nitrogens with zero attached hydrogens (tertiary/aromatic N) is 4. The molecule has 4 nitrogen and oxygen atoms in total. The summed E-state index contributed by atoms with van der Waals surface area (Å²) in [6, 6.07) is 88.3. The molecule has 0 N–H and O–H groups in total. The fourth-order valence-electron chi connectivity index (χ4n) is 10.7. The first-order chi connectivity index (χ1) is 33.1. The van der Waals surface area contributed by atoms with Gasteiger partial charge in [-0.3, -0.25) is 0 Å². The Morgan fingerprint density at radius 1 is 0.403 bits per heavy atom. The smallest absolute Gasteiger partial charge is 0.189 e. The number of fused-ring (bicyclic) bond motifs is 9. The van der Waals surface area contributed by atoms with Crippen LogP contribution in [0, 0.1) is 17.9 Å². The molecule has 1 aliphatic carbocycles. The van der Waals surface area contributed by atoms with Crippen LogP contribution in [-0.2, 0) is 5.41 Å². The highest BCUT2D eigenvalue weighted by atomic mass is 15.1. The van der Waals surface area contributed by atoms with Crippen molar-refractivity contribution in [3.05, 3.63) is 282 Å². The Balaban J connectivity index is 1.17. The standard InChI is InChI=1S/C63H40N4/c1-65-48-23-17-29-52(40-48)67(50-26-12-5-13-27-50)53-33-32-44-38-59-60(39-45(44)37-53)63(46-19-6-2-7-20-46,47-21-8-3-9-22-47)62-57-35-34-54(41-58(57)55-30-14-15-31-56(55)61(59)62)66(49-24-10-4-11-25-49)51-28-16-18-43(36-51)42-64/h2-41H. The van der Waals surface area contributed by atoms with Crippen molar-refractivity contribution in [3.63, 3.8) is 0 Å². The number of nitriles is 1. The minimum atomic E-state index is -0.704.